The molecule has 3 rings (SSSR count). The number of hydrogen-bond acceptors (Lipinski definition) is 4. The minimum absolute atomic E-state index is 0.194. The van der Waals surface area contributed by atoms with E-state index in [9.17, 15) is 4.79 Å². The molecule has 0 aliphatic heterocycles. The summed E-state index contributed by atoms with van der Waals surface area (Å²) in [5.41, 5.74) is 1.91. The van der Waals surface area contributed by atoms with E-state index < -0.39 is 5.97 Å². The van der Waals surface area contributed by atoms with Crippen LogP contribution in [0.2, 0.25) is 0 Å². The van der Waals surface area contributed by atoms with Crippen molar-refractivity contribution < 1.29 is 18.7 Å². The Hall–Kier alpha value is -3.71. The Kier molecular flexibility index (Phi) is 6.70. The molecule has 0 aliphatic rings. The lowest BCUT2D eigenvalue weighted by molar-refractivity contribution is 0.0549. The second-order valence-electron chi connectivity index (χ2n) is 5.88. The van der Waals surface area contributed by atoms with Gasteiger partial charge in [0.25, 0.3) is 0 Å². The largest absolute Gasteiger partial charge is 0.497 e. The number of rotatable bonds is 6. The van der Waals surface area contributed by atoms with Gasteiger partial charge in [-0.3, -0.25) is 0 Å². The van der Waals surface area contributed by atoms with Crippen molar-refractivity contribution in [3.63, 3.8) is 0 Å². The highest BCUT2D eigenvalue weighted by Crippen LogP contribution is 2.12. The first-order valence-electron chi connectivity index (χ1n) is 8.86. The lowest BCUT2D eigenvalue weighted by Crippen LogP contribution is -2.07. The van der Waals surface area contributed by atoms with Gasteiger partial charge in [0.15, 0.2) is 0 Å². The molecule has 4 heteroatoms. The molecule has 0 radical (unpaired) electrons. The van der Waals surface area contributed by atoms with Gasteiger partial charge in [0.05, 0.1) is 18.9 Å². The molecule has 0 aliphatic carbocycles. The third-order valence-electron chi connectivity index (χ3n) is 3.95. The summed E-state index contributed by atoms with van der Waals surface area (Å²) in [6.45, 7) is 0.194. The summed E-state index contributed by atoms with van der Waals surface area (Å²) in [6.07, 6.45) is 6.00. The molecule has 0 amide bonds. The molecular formula is C24H20O4. The van der Waals surface area contributed by atoms with Crippen LogP contribution in [0.5, 0.6) is 5.75 Å². The van der Waals surface area contributed by atoms with Crippen LogP contribution in [0.25, 0.3) is 0 Å². The highest BCUT2D eigenvalue weighted by atomic mass is 16.5. The quantitative estimate of drug-likeness (QED) is 0.359. The van der Waals surface area contributed by atoms with E-state index in [2.05, 4.69) is 11.8 Å². The molecule has 1 heterocycles. The van der Waals surface area contributed by atoms with Gasteiger partial charge in [0.2, 0.25) is 0 Å². The fourth-order valence-electron chi connectivity index (χ4n) is 2.48. The van der Waals surface area contributed by atoms with Crippen LogP contribution in [0.15, 0.2) is 83.5 Å². The Morgan fingerprint density at radius 2 is 1.82 bits per heavy atom. The molecule has 1 aromatic heterocycles. The molecule has 0 unspecified atom stereocenters. The summed E-state index contributed by atoms with van der Waals surface area (Å²) in [5.74, 6) is 7.34. The minimum Gasteiger partial charge on any atom is -0.497 e. The maximum Gasteiger partial charge on any atom is 0.339 e. The van der Waals surface area contributed by atoms with Crippen molar-refractivity contribution >= 4 is 5.97 Å². The number of carbonyl (C=O) groups is 1. The minimum atomic E-state index is -0.401. The summed E-state index contributed by atoms with van der Waals surface area (Å²) < 4.78 is 15.7. The third kappa shape index (κ3) is 5.39. The average Bonchev–Trinajstić information content (AvgIpc) is 3.26. The van der Waals surface area contributed by atoms with E-state index in [0.29, 0.717) is 17.5 Å². The maximum atomic E-state index is 12.4. The number of hydrogen-bond donors (Lipinski definition) is 0. The molecule has 0 spiro atoms. The molecule has 0 fully saturated rings. The van der Waals surface area contributed by atoms with Crippen LogP contribution in [-0.4, -0.2) is 19.7 Å². The van der Waals surface area contributed by atoms with Crippen molar-refractivity contribution in [2.45, 2.75) is 6.42 Å². The number of benzene rings is 2. The van der Waals surface area contributed by atoms with Crippen LogP contribution < -0.4 is 4.74 Å². The Bertz CT molecular complexity index is 987. The van der Waals surface area contributed by atoms with Gasteiger partial charge in [-0.25, -0.2) is 4.79 Å². The van der Waals surface area contributed by atoms with Crippen molar-refractivity contribution in [1.29, 1.82) is 0 Å². The van der Waals surface area contributed by atoms with Gasteiger partial charge in [-0.15, -0.1) is 0 Å². The van der Waals surface area contributed by atoms with E-state index in [-0.39, 0.29) is 6.61 Å². The Morgan fingerprint density at radius 3 is 2.57 bits per heavy atom. The molecule has 0 bridgehead atoms. The molecule has 4 nitrogen and oxygen atoms in total. The predicted molar refractivity (Wildman–Crippen MR) is 107 cm³/mol. The lowest BCUT2D eigenvalue weighted by atomic mass is 10.1. The molecule has 0 N–H and O–H groups in total. The topological polar surface area (TPSA) is 48.7 Å². The summed E-state index contributed by atoms with van der Waals surface area (Å²) in [6, 6.07) is 18.3. The van der Waals surface area contributed by atoms with Crippen LogP contribution in [0.3, 0.4) is 0 Å². The second-order valence-corrected chi connectivity index (χ2v) is 5.88. The summed E-state index contributed by atoms with van der Waals surface area (Å²) in [5, 5.41) is 0. The zero-order valence-electron chi connectivity index (χ0n) is 15.6. The van der Waals surface area contributed by atoms with Gasteiger partial charge in [-0.1, -0.05) is 36.1 Å². The Labute approximate surface area is 164 Å². The smallest absolute Gasteiger partial charge is 0.339 e. The number of allylic oxidation sites excluding steroid dienone is 1. The van der Waals surface area contributed by atoms with Crippen LogP contribution in [0.1, 0.15) is 27.2 Å². The van der Waals surface area contributed by atoms with Gasteiger partial charge < -0.3 is 13.9 Å². The Balaban J connectivity index is 1.61. The van der Waals surface area contributed by atoms with Crippen molar-refractivity contribution in [1.82, 2.24) is 0 Å². The standard InChI is InChI=1S/C24H20O4/c1-26-21-15-12-19(13-16-21)11-14-20-7-2-3-10-23(20)24(25)28-17-5-4-8-22-9-6-18-27-22/h2-7,9-10,12-13,15-16,18H,8,17H2,1H3/b5-4+. The lowest BCUT2D eigenvalue weighted by Gasteiger charge is -2.04. The van der Waals surface area contributed by atoms with Crippen LogP contribution in [0.4, 0.5) is 0 Å². The maximum absolute atomic E-state index is 12.4. The first kappa shape index (κ1) is 19.1. The number of ether oxygens (including phenoxy) is 2. The van der Waals surface area contributed by atoms with Crippen LogP contribution in [0, 0.1) is 11.8 Å². The van der Waals surface area contributed by atoms with E-state index in [4.69, 9.17) is 13.9 Å². The van der Waals surface area contributed by atoms with E-state index in [1.54, 1.807) is 37.6 Å². The van der Waals surface area contributed by atoms with Gasteiger partial charge in [-0.2, -0.15) is 0 Å². The molecule has 3 aromatic rings. The van der Waals surface area contributed by atoms with Crippen molar-refractivity contribution in [2.75, 3.05) is 13.7 Å². The van der Waals surface area contributed by atoms with Gasteiger partial charge in [0.1, 0.15) is 18.1 Å². The normalized spacial score (nSPS) is 10.3. The first-order chi connectivity index (χ1) is 13.8. The van der Waals surface area contributed by atoms with Gasteiger partial charge >= 0.3 is 5.97 Å². The summed E-state index contributed by atoms with van der Waals surface area (Å²) in [7, 11) is 1.62. The molecule has 0 atom stereocenters. The van der Waals surface area contributed by atoms with Gasteiger partial charge in [-0.05, 0) is 48.5 Å². The third-order valence-corrected chi connectivity index (χ3v) is 3.95. The fraction of sp³-hybridized carbons (Fsp3) is 0.125. The molecule has 0 saturated heterocycles. The molecular weight excluding hydrogens is 352 g/mol. The van der Waals surface area contributed by atoms with Crippen molar-refractivity contribution in [3.8, 4) is 17.6 Å². The number of carbonyl (C=O) groups excluding carboxylic acids is 1. The second kappa shape index (κ2) is 9.84. The van der Waals surface area contributed by atoms with E-state index in [1.807, 2.05) is 48.5 Å². The highest BCUT2D eigenvalue weighted by Gasteiger charge is 2.10. The molecule has 140 valence electrons. The van der Waals surface area contributed by atoms with Gasteiger partial charge in [0, 0.05) is 17.5 Å². The van der Waals surface area contributed by atoms with Crippen molar-refractivity contribution in [3.05, 3.63) is 102 Å². The molecule has 0 saturated carbocycles. The number of furan rings is 1. The predicted octanol–water partition coefficient (Wildman–Crippen LogP) is 4.64. The van der Waals surface area contributed by atoms with E-state index >= 15 is 0 Å². The molecule has 2 aromatic carbocycles. The summed E-state index contributed by atoms with van der Waals surface area (Å²) in [4.78, 5) is 12.4. The fourth-order valence-corrected chi connectivity index (χ4v) is 2.48. The van der Waals surface area contributed by atoms with Crippen LogP contribution in [-0.2, 0) is 11.2 Å². The SMILES string of the molecule is COc1ccc(C#Cc2ccccc2C(=O)OC/C=C/Cc2ccco2)cc1. The molecule has 28 heavy (non-hydrogen) atoms. The van der Waals surface area contributed by atoms with E-state index in [0.717, 1.165) is 17.1 Å². The van der Waals surface area contributed by atoms with E-state index in [1.165, 1.54) is 0 Å². The Morgan fingerprint density at radius 1 is 1.00 bits per heavy atom. The monoisotopic (exact) mass is 372 g/mol. The van der Waals surface area contributed by atoms with Crippen LogP contribution >= 0.6 is 0 Å². The van der Waals surface area contributed by atoms with Crippen molar-refractivity contribution in [2.24, 2.45) is 0 Å². The zero-order valence-corrected chi connectivity index (χ0v) is 15.6. The first-order valence-corrected chi connectivity index (χ1v) is 8.86. The number of esters is 1. The average molecular weight is 372 g/mol. The number of methoxy groups -OCH3 is 1. The summed E-state index contributed by atoms with van der Waals surface area (Å²) >= 11 is 0. The zero-order chi connectivity index (χ0) is 19.6. The highest BCUT2D eigenvalue weighted by molar-refractivity contribution is 5.92.